The van der Waals surface area contributed by atoms with Crippen LogP contribution in [-0.2, 0) is 6.54 Å². The summed E-state index contributed by atoms with van der Waals surface area (Å²) in [4.78, 5) is 11.9. The predicted octanol–water partition coefficient (Wildman–Crippen LogP) is 3.28. The zero-order valence-electron chi connectivity index (χ0n) is 14.6. The topological polar surface area (TPSA) is 59.5 Å². The van der Waals surface area contributed by atoms with E-state index in [1.54, 1.807) is 0 Å². The molecule has 5 rings (SSSR count). The Bertz CT molecular complexity index is 894. The Hall–Kier alpha value is -2.21. The first-order valence-corrected chi connectivity index (χ1v) is 9.25. The van der Waals surface area contributed by atoms with E-state index in [1.807, 2.05) is 0 Å². The quantitative estimate of drug-likeness (QED) is 0.731. The van der Waals surface area contributed by atoms with E-state index in [2.05, 4.69) is 50.9 Å². The van der Waals surface area contributed by atoms with E-state index in [9.17, 15) is 0 Å². The molecular weight excluding hydrogens is 314 g/mol. The second-order valence-electron chi connectivity index (χ2n) is 7.49. The standard InChI is InChI=1S/C19H23N5O/c1-13-4-2-9-24-12-16(20-18(13)24)11-23-8-3-5-15(10-23)17-21-19(25-22-17)14-6-7-14/h2,4,9,12,14-15H,3,5-8,10-11H2,1H3/t15-/m0/s1. The summed E-state index contributed by atoms with van der Waals surface area (Å²) in [6.45, 7) is 5.08. The van der Waals surface area contributed by atoms with Crippen LogP contribution in [0.2, 0.25) is 0 Å². The van der Waals surface area contributed by atoms with Gasteiger partial charge in [-0.2, -0.15) is 4.98 Å². The Balaban J connectivity index is 1.30. The molecule has 0 aromatic carbocycles. The fraction of sp³-hybridized carbons (Fsp3) is 0.526. The number of likely N-dealkylation sites (tertiary alicyclic amines) is 1. The van der Waals surface area contributed by atoms with Gasteiger partial charge in [0.25, 0.3) is 0 Å². The van der Waals surface area contributed by atoms with Crippen LogP contribution in [0.4, 0.5) is 0 Å². The minimum absolute atomic E-state index is 0.378. The molecule has 130 valence electrons. The lowest BCUT2D eigenvalue weighted by molar-refractivity contribution is 0.193. The highest BCUT2D eigenvalue weighted by molar-refractivity contribution is 5.47. The van der Waals surface area contributed by atoms with Crippen molar-refractivity contribution in [2.45, 2.75) is 51.0 Å². The maximum Gasteiger partial charge on any atom is 0.229 e. The van der Waals surface area contributed by atoms with Gasteiger partial charge in [0.15, 0.2) is 5.82 Å². The molecule has 1 atom stereocenters. The van der Waals surface area contributed by atoms with E-state index >= 15 is 0 Å². The van der Waals surface area contributed by atoms with Crippen molar-refractivity contribution >= 4 is 5.65 Å². The van der Waals surface area contributed by atoms with E-state index in [-0.39, 0.29) is 0 Å². The molecule has 0 spiro atoms. The van der Waals surface area contributed by atoms with Crippen LogP contribution < -0.4 is 0 Å². The summed E-state index contributed by atoms with van der Waals surface area (Å²) in [5.74, 6) is 2.66. The molecule has 1 aliphatic carbocycles. The van der Waals surface area contributed by atoms with Gasteiger partial charge in [-0.05, 0) is 50.8 Å². The lowest BCUT2D eigenvalue weighted by Crippen LogP contribution is -2.34. The molecule has 3 aromatic heterocycles. The Morgan fingerprint density at radius 1 is 1.20 bits per heavy atom. The summed E-state index contributed by atoms with van der Waals surface area (Å²) in [6, 6.07) is 4.18. The number of imidazole rings is 1. The monoisotopic (exact) mass is 337 g/mol. The van der Waals surface area contributed by atoms with Crippen LogP contribution in [0.25, 0.3) is 5.65 Å². The lowest BCUT2D eigenvalue weighted by Gasteiger charge is -2.30. The average molecular weight is 337 g/mol. The molecule has 25 heavy (non-hydrogen) atoms. The molecule has 1 aliphatic heterocycles. The van der Waals surface area contributed by atoms with E-state index in [0.717, 1.165) is 49.1 Å². The van der Waals surface area contributed by atoms with Gasteiger partial charge in [0.2, 0.25) is 5.89 Å². The molecule has 0 bridgehead atoms. The third-order valence-electron chi connectivity index (χ3n) is 5.37. The highest BCUT2D eigenvalue weighted by Gasteiger charge is 2.32. The molecule has 2 aliphatic rings. The number of nitrogens with zero attached hydrogens (tertiary/aromatic N) is 5. The fourth-order valence-corrected chi connectivity index (χ4v) is 3.83. The maximum atomic E-state index is 5.45. The first-order valence-electron chi connectivity index (χ1n) is 9.25. The van der Waals surface area contributed by atoms with Crippen molar-refractivity contribution in [2.24, 2.45) is 0 Å². The third-order valence-corrected chi connectivity index (χ3v) is 5.37. The van der Waals surface area contributed by atoms with Crippen LogP contribution in [0.1, 0.15) is 60.5 Å². The normalized spacial score (nSPS) is 21.9. The molecule has 1 saturated carbocycles. The van der Waals surface area contributed by atoms with E-state index in [1.165, 1.54) is 24.8 Å². The lowest BCUT2D eigenvalue weighted by atomic mass is 9.97. The minimum Gasteiger partial charge on any atom is -0.339 e. The first-order chi connectivity index (χ1) is 12.3. The van der Waals surface area contributed by atoms with Gasteiger partial charge in [-0.15, -0.1) is 0 Å². The maximum absolute atomic E-state index is 5.45. The zero-order valence-corrected chi connectivity index (χ0v) is 14.6. The fourth-order valence-electron chi connectivity index (χ4n) is 3.83. The molecule has 1 saturated heterocycles. The number of aromatic nitrogens is 4. The van der Waals surface area contributed by atoms with Gasteiger partial charge < -0.3 is 8.92 Å². The van der Waals surface area contributed by atoms with Gasteiger partial charge in [-0.25, -0.2) is 4.98 Å². The summed E-state index contributed by atoms with van der Waals surface area (Å²) < 4.78 is 7.57. The number of fused-ring (bicyclic) bond motifs is 1. The summed E-state index contributed by atoms with van der Waals surface area (Å²) in [5, 5.41) is 4.26. The van der Waals surface area contributed by atoms with Crippen LogP contribution in [0.5, 0.6) is 0 Å². The molecule has 3 aromatic rings. The highest BCUT2D eigenvalue weighted by Crippen LogP contribution is 2.39. The van der Waals surface area contributed by atoms with Gasteiger partial charge >= 0.3 is 0 Å². The average Bonchev–Trinajstić information content (AvgIpc) is 3.19. The second-order valence-corrected chi connectivity index (χ2v) is 7.49. The molecule has 6 nitrogen and oxygen atoms in total. The number of pyridine rings is 1. The summed E-state index contributed by atoms with van der Waals surface area (Å²) >= 11 is 0. The molecule has 0 radical (unpaired) electrons. The van der Waals surface area contributed by atoms with Gasteiger partial charge in [-0.3, -0.25) is 4.90 Å². The van der Waals surface area contributed by atoms with Crippen molar-refractivity contribution in [2.75, 3.05) is 13.1 Å². The van der Waals surface area contributed by atoms with Crippen LogP contribution in [0.3, 0.4) is 0 Å². The summed E-state index contributed by atoms with van der Waals surface area (Å²) in [6.07, 6.45) is 8.92. The molecule has 4 heterocycles. The van der Waals surface area contributed by atoms with Gasteiger partial charge in [0.1, 0.15) is 5.65 Å². The van der Waals surface area contributed by atoms with Crippen LogP contribution in [0.15, 0.2) is 29.0 Å². The van der Waals surface area contributed by atoms with Gasteiger partial charge in [0, 0.05) is 37.3 Å². The summed E-state index contributed by atoms with van der Waals surface area (Å²) in [5.41, 5.74) is 3.39. The van der Waals surface area contributed by atoms with Crippen molar-refractivity contribution in [3.63, 3.8) is 0 Å². The van der Waals surface area contributed by atoms with Crippen molar-refractivity contribution in [3.05, 3.63) is 47.5 Å². The van der Waals surface area contributed by atoms with E-state index in [0.29, 0.717) is 11.8 Å². The highest BCUT2D eigenvalue weighted by atomic mass is 16.5. The van der Waals surface area contributed by atoms with Gasteiger partial charge in [0.05, 0.1) is 5.69 Å². The smallest absolute Gasteiger partial charge is 0.229 e. The number of piperidine rings is 1. The van der Waals surface area contributed by atoms with Crippen molar-refractivity contribution in [1.82, 2.24) is 24.4 Å². The van der Waals surface area contributed by atoms with Gasteiger partial charge in [-0.1, -0.05) is 11.2 Å². The number of hydrogen-bond acceptors (Lipinski definition) is 5. The molecule has 2 fully saturated rings. The van der Waals surface area contributed by atoms with Crippen LogP contribution >= 0.6 is 0 Å². The predicted molar refractivity (Wildman–Crippen MR) is 93.5 cm³/mol. The number of aryl methyl sites for hydroxylation is 1. The Morgan fingerprint density at radius 2 is 2.12 bits per heavy atom. The van der Waals surface area contributed by atoms with E-state index in [4.69, 9.17) is 9.51 Å². The number of hydrogen-bond donors (Lipinski definition) is 0. The zero-order chi connectivity index (χ0) is 16.8. The van der Waals surface area contributed by atoms with Crippen molar-refractivity contribution < 1.29 is 4.52 Å². The largest absolute Gasteiger partial charge is 0.339 e. The molecule has 0 unspecified atom stereocenters. The summed E-state index contributed by atoms with van der Waals surface area (Å²) in [7, 11) is 0. The Kier molecular flexibility index (Phi) is 3.59. The van der Waals surface area contributed by atoms with Crippen molar-refractivity contribution in [3.8, 4) is 0 Å². The second kappa shape index (κ2) is 5.95. The molecule has 0 amide bonds. The van der Waals surface area contributed by atoms with Crippen LogP contribution in [-0.4, -0.2) is 37.5 Å². The Morgan fingerprint density at radius 3 is 2.96 bits per heavy atom. The van der Waals surface area contributed by atoms with Crippen LogP contribution in [0, 0.1) is 6.92 Å². The molecule has 6 heteroatoms. The molecule has 0 N–H and O–H groups in total. The van der Waals surface area contributed by atoms with E-state index < -0.39 is 0 Å². The SMILES string of the molecule is Cc1cccn2cc(CN3CCC[C@H](c4noc(C5CC5)n4)C3)nc12. The number of rotatable bonds is 4. The first kappa shape index (κ1) is 15.1. The molecular formula is C19H23N5O. The Labute approximate surface area is 146 Å². The third kappa shape index (κ3) is 2.95. The van der Waals surface area contributed by atoms with Crippen molar-refractivity contribution in [1.29, 1.82) is 0 Å². The minimum atomic E-state index is 0.378.